The molecule has 1 amide bonds. The Labute approximate surface area is 165 Å². The lowest BCUT2D eigenvalue weighted by Gasteiger charge is -2.07. The monoisotopic (exact) mass is 424 g/mol. The maximum atomic E-state index is 12.1. The number of methoxy groups -OCH3 is 1. The van der Waals surface area contributed by atoms with E-state index in [4.69, 9.17) is 4.74 Å². The van der Waals surface area contributed by atoms with Gasteiger partial charge in [0.15, 0.2) is 0 Å². The maximum absolute atomic E-state index is 12.1. The Bertz CT molecular complexity index is 958. The number of halogens is 1. The van der Waals surface area contributed by atoms with Gasteiger partial charge in [-0.05, 0) is 42.0 Å². The maximum Gasteiger partial charge on any atom is 0.249 e. The zero-order valence-corrected chi connectivity index (χ0v) is 16.1. The van der Waals surface area contributed by atoms with Crippen LogP contribution in [0.25, 0.3) is 6.08 Å². The molecular formula is C20H17BrN4O2. The number of hydrogen-bond acceptors (Lipinski definition) is 5. The highest BCUT2D eigenvalue weighted by Crippen LogP contribution is 2.20. The van der Waals surface area contributed by atoms with E-state index in [1.807, 2.05) is 48.5 Å². The summed E-state index contributed by atoms with van der Waals surface area (Å²) >= 11 is 3.42. The number of rotatable bonds is 6. The number of nitrogens with one attached hydrogen (secondary N) is 2. The molecule has 1 heterocycles. The summed E-state index contributed by atoms with van der Waals surface area (Å²) in [4.78, 5) is 20.3. The van der Waals surface area contributed by atoms with Crippen molar-refractivity contribution in [1.82, 2.24) is 9.97 Å². The molecule has 0 bridgehead atoms. The predicted octanol–water partition coefficient (Wildman–Crippen LogP) is 4.64. The van der Waals surface area contributed by atoms with Gasteiger partial charge in [0, 0.05) is 22.3 Å². The van der Waals surface area contributed by atoms with E-state index in [0.717, 1.165) is 21.5 Å². The Kier molecular flexibility index (Phi) is 6.17. The van der Waals surface area contributed by atoms with E-state index in [9.17, 15) is 4.79 Å². The molecule has 2 aromatic carbocycles. The van der Waals surface area contributed by atoms with Gasteiger partial charge >= 0.3 is 0 Å². The highest BCUT2D eigenvalue weighted by Gasteiger charge is 2.03. The summed E-state index contributed by atoms with van der Waals surface area (Å²) in [7, 11) is 1.61. The SMILES string of the molecule is COc1ccc(/C=C/C(=O)Nc2cc(Nc3cccc(Br)c3)ncn2)cc1. The number of carbonyl (C=O) groups is 1. The average Bonchev–Trinajstić information content (AvgIpc) is 2.67. The van der Waals surface area contributed by atoms with Crippen LogP contribution in [0.5, 0.6) is 5.75 Å². The van der Waals surface area contributed by atoms with Gasteiger partial charge in [-0.2, -0.15) is 0 Å². The van der Waals surface area contributed by atoms with Crippen molar-refractivity contribution in [2.45, 2.75) is 0 Å². The van der Waals surface area contributed by atoms with Crippen LogP contribution >= 0.6 is 15.9 Å². The molecule has 136 valence electrons. The van der Waals surface area contributed by atoms with Crippen LogP contribution in [0.15, 0.2) is 71.5 Å². The first-order valence-corrected chi connectivity index (χ1v) is 8.89. The summed E-state index contributed by atoms with van der Waals surface area (Å²) in [5.41, 5.74) is 1.77. The Balaban J connectivity index is 1.62. The molecule has 0 atom stereocenters. The summed E-state index contributed by atoms with van der Waals surface area (Å²) in [6.07, 6.45) is 4.56. The minimum absolute atomic E-state index is 0.280. The lowest BCUT2D eigenvalue weighted by atomic mass is 10.2. The van der Waals surface area contributed by atoms with Gasteiger partial charge < -0.3 is 15.4 Å². The minimum Gasteiger partial charge on any atom is -0.497 e. The van der Waals surface area contributed by atoms with Crippen LogP contribution in [0.1, 0.15) is 5.56 Å². The quantitative estimate of drug-likeness (QED) is 0.563. The van der Waals surface area contributed by atoms with Gasteiger partial charge in [-0.1, -0.05) is 34.1 Å². The molecule has 0 aliphatic carbocycles. The number of anilines is 3. The average molecular weight is 425 g/mol. The molecule has 0 aliphatic heterocycles. The van der Waals surface area contributed by atoms with Crippen LogP contribution in [0.4, 0.5) is 17.3 Å². The van der Waals surface area contributed by atoms with Crippen molar-refractivity contribution in [3.8, 4) is 5.75 Å². The van der Waals surface area contributed by atoms with E-state index in [-0.39, 0.29) is 5.91 Å². The smallest absolute Gasteiger partial charge is 0.249 e. The summed E-state index contributed by atoms with van der Waals surface area (Å²) in [6.45, 7) is 0. The van der Waals surface area contributed by atoms with E-state index < -0.39 is 0 Å². The number of nitrogens with zero attached hydrogens (tertiary/aromatic N) is 2. The number of aromatic nitrogens is 2. The van der Waals surface area contributed by atoms with Crippen molar-refractivity contribution < 1.29 is 9.53 Å². The first-order valence-electron chi connectivity index (χ1n) is 8.10. The first-order chi connectivity index (χ1) is 13.1. The second-order valence-corrected chi connectivity index (χ2v) is 6.44. The molecule has 2 N–H and O–H groups in total. The number of carbonyl (C=O) groups excluding carboxylic acids is 1. The Morgan fingerprint density at radius 3 is 2.59 bits per heavy atom. The fourth-order valence-electron chi connectivity index (χ4n) is 2.26. The second-order valence-electron chi connectivity index (χ2n) is 5.52. The molecule has 0 aliphatic rings. The second kappa shape index (κ2) is 8.95. The van der Waals surface area contributed by atoms with Crippen molar-refractivity contribution in [1.29, 1.82) is 0 Å². The van der Waals surface area contributed by atoms with Crippen LogP contribution in [-0.4, -0.2) is 23.0 Å². The normalized spacial score (nSPS) is 10.6. The molecule has 6 nitrogen and oxygen atoms in total. The van der Waals surface area contributed by atoms with Gasteiger partial charge in [0.1, 0.15) is 23.7 Å². The van der Waals surface area contributed by atoms with Crippen LogP contribution in [0.3, 0.4) is 0 Å². The number of benzene rings is 2. The number of amides is 1. The molecule has 0 unspecified atom stereocenters. The Hall–Kier alpha value is -3.19. The molecule has 0 saturated heterocycles. The van der Waals surface area contributed by atoms with Gasteiger partial charge in [-0.15, -0.1) is 0 Å². The van der Waals surface area contributed by atoms with Crippen LogP contribution in [0.2, 0.25) is 0 Å². The van der Waals surface area contributed by atoms with Crippen molar-refractivity contribution >= 4 is 45.2 Å². The molecule has 0 fully saturated rings. The summed E-state index contributed by atoms with van der Waals surface area (Å²) in [5.74, 6) is 1.48. The minimum atomic E-state index is -0.280. The molecule has 1 aromatic heterocycles. The third kappa shape index (κ3) is 5.65. The summed E-state index contributed by atoms with van der Waals surface area (Å²) < 4.78 is 6.07. The third-order valence-electron chi connectivity index (χ3n) is 3.56. The van der Waals surface area contributed by atoms with Crippen molar-refractivity contribution in [3.63, 3.8) is 0 Å². The van der Waals surface area contributed by atoms with Crippen molar-refractivity contribution in [2.24, 2.45) is 0 Å². The fraction of sp³-hybridized carbons (Fsp3) is 0.0500. The lowest BCUT2D eigenvalue weighted by Crippen LogP contribution is -2.09. The molecule has 7 heteroatoms. The van der Waals surface area contributed by atoms with Gasteiger partial charge in [0.25, 0.3) is 0 Å². The van der Waals surface area contributed by atoms with E-state index in [2.05, 4.69) is 36.5 Å². The van der Waals surface area contributed by atoms with Crippen molar-refractivity contribution in [2.75, 3.05) is 17.7 Å². The summed E-state index contributed by atoms with van der Waals surface area (Å²) in [6, 6.07) is 16.8. The van der Waals surface area contributed by atoms with Crippen molar-refractivity contribution in [3.05, 3.63) is 77.0 Å². The third-order valence-corrected chi connectivity index (χ3v) is 4.05. The van der Waals surface area contributed by atoms with E-state index in [0.29, 0.717) is 11.6 Å². The zero-order chi connectivity index (χ0) is 19.1. The fourth-order valence-corrected chi connectivity index (χ4v) is 2.66. The Morgan fingerprint density at radius 2 is 1.85 bits per heavy atom. The van der Waals surface area contributed by atoms with Crippen LogP contribution in [-0.2, 0) is 4.79 Å². The van der Waals surface area contributed by atoms with E-state index in [1.54, 1.807) is 19.3 Å². The largest absolute Gasteiger partial charge is 0.497 e. The van der Waals surface area contributed by atoms with E-state index in [1.165, 1.54) is 12.4 Å². The molecule has 3 rings (SSSR count). The topological polar surface area (TPSA) is 76.1 Å². The molecule has 27 heavy (non-hydrogen) atoms. The lowest BCUT2D eigenvalue weighted by molar-refractivity contribution is -0.111. The number of ether oxygens (including phenoxy) is 1. The van der Waals surface area contributed by atoms with Gasteiger partial charge in [-0.3, -0.25) is 4.79 Å². The summed E-state index contributed by atoms with van der Waals surface area (Å²) in [5, 5.41) is 5.89. The van der Waals surface area contributed by atoms with Gasteiger partial charge in [0.2, 0.25) is 5.91 Å². The number of hydrogen-bond donors (Lipinski definition) is 2. The zero-order valence-electron chi connectivity index (χ0n) is 14.5. The van der Waals surface area contributed by atoms with Crippen LogP contribution in [0, 0.1) is 0 Å². The molecular weight excluding hydrogens is 408 g/mol. The predicted molar refractivity (Wildman–Crippen MR) is 110 cm³/mol. The standard InChI is InChI=1S/C20H17BrN4O2/c1-27-17-8-5-14(6-9-17)7-10-20(26)25-19-12-18(22-13-23-19)24-16-4-2-3-15(21)11-16/h2-13H,1H3,(H2,22,23,24,25,26)/b10-7+. The molecule has 3 aromatic rings. The Morgan fingerprint density at radius 1 is 1.07 bits per heavy atom. The molecule has 0 saturated carbocycles. The highest BCUT2D eigenvalue weighted by atomic mass is 79.9. The van der Waals surface area contributed by atoms with E-state index >= 15 is 0 Å². The first kappa shape index (κ1) is 18.6. The van der Waals surface area contributed by atoms with Crippen LogP contribution < -0.4 is 15.4 Å². The van der Waals surface area contributed by atoms with Gasteiger partial charge in [-0.25, -0.2) is 9.97 Å². The van der Waals surface area contributed by atoms with Gasteiger partial charge in [0.05, 0.1) is 7.11 Å². The highest BCUT2D eigenvalue weighted by molar-refractivity contribution is 9.10. The molecule has 0 spiro atoms. The molecule has 0 radical (unpaired) electrons.